The number of amidine groups is 1. The molecule has 2 aromatic rings. The largest absolute Gasteiger partial charge is 0.511 e. The Balaban J connectivity index is 1.48. The summed E-state index contributed by atoms with van der Waals surface area (Å²) in [5.41, 5.74) is 5.68. The van der Waals surface area contributed by atoms with Gasteiger partial charge >= 0.3 is 0 Å². The van der Waals surface area contributed by atoms with Crippen molar-refractivity contribution < 1.29 is 27.5 Å². The number of aliphatic hydroxyl groups excluding tert-OH is 1. The molecule has 4 aliphatic rings. The van der Waals surface area contributed by atoms with E-state index in [0.29, 0.717) is 5.56 Å². The third-order valence-corrected chi connectivity index (χ3v) is 8.67. The maximum Gasteiger partial charge on any atom is 0.286 e. The number of benzene rings is 2. The van der Waals surface area contributed by atoms with Crippen LogP contribution in [0.2, 0.25) is 0 Å². The fourth-order valence-corrected chi connectivity index (χ4v) is 6.97. The summed E-state index contributed by atoms with van der Waals surface area (Å²) in [6, 6.07) is 9.44. The molecule has 2 aromatic carbocycles. The van der Waals surface area contributed by atoms with Crippen molar-refractivity contribution in [3.8, 4) is 0 Å². The van der Waals surface area contributed by atoms with Gasteiger partial charge in [-0.3, -0.25) is 9.59 Å². The molecule has 6 rings (SSSR count). The van der Waals surface area contributed by atoms with Crippen LogP contribution >= 0.6 is 0 Å². The highest BCUT2D eigenvalue weighted by molar-refractivity contribution is 7.90. The number of sulfonamides is 1. The Morgan fingerprint density at radius 1 is 1.17 bits per heavy atom. The summed E-state index contributed by atoms with van der Waals surface area (Å²) in [5, 5.41) is 14.1. The van der Waals surface area contributed by atoms with E-state index in [2.05, 4.69) is 9.71 Å². The number of allylic oxidation sites excluding steroid dienone is 1. The first kappa shape index (κ1) is 22.5. The quantitative estimate of drug-likeness (QED) is 0.542. The molecule has 0 aromatic heterocycles. The maximum atomic E-state index is 13.9. The van der Waals surface area contributed by atoms with Crippen LogP contribution in [0.3, 0.4) is 0 Å². The van der Waals surface area contributed by atoms with Crippen LogP contribution in [0.5, 0.6) is 0 Å². The summed E-state index contributed by atoms with van der Waals surface area (Å²) >= 11 is 0. The van der Waals surface area contributed by atoms with Crippen LogP contribution in [0.25, 0.3) is 0 Å². The Labute approximate surface area is 205 Å². The summed E-state index contributed by atoms with van der Waals surface area (Å²) in [6.07, 6.45) is 4.77. The van der Waals surface area contributed by atoms with Gasteiger partial charge in [0.2, 0.25) is 0 Å². The predicted molar refractivity (Wildman–Crippen MR) is 128 cm³/mol. The van der Waals surface area contributed by atoms with Gasteiger partial charge in [0.05, 0.1) is 11.3 Å². The van der Waals surface area contributed by atoms with Gasteiger partial charge in [0.25, 0.3) is 21.8 Å². The van der Waals surface area contributed by atoms with Crippen molar-refractivity contribution in [3.05, 3.63) is 82.9 Å². The fraction of sp³-hybridized carbons (Fsp3) is 0.240. The Hall–Kier alpha value is -3.99. The zero-order chi connectivity index (χ0) is 25.4. The normalized spacial score (nSPS) is 27.4. The van der Waals surface area contributed by atoms with Gasteiger partial charge in [-0.2, -0.15) is 8.42 Å². The molecular weight excluding hydrogens is 487 g/mol. The molecule has 4 atom stereocenters. The number of carbonyl (C=O) groups is 2. The van der Waals surface area contributed by atoms with E-state index < -0.39 is 33.6 Å². The second-order valence-electron chi connectivity index (χ2n) is 9.37. The van der Waals surface area contributed by atoms with E-state index in [-0.39, 0.29) is 57.7 Å². The highest BCUT2D eigenvalue weighted by Gasteiger charge is 2.55. The Morgan fingerprint density at radius 3 is 2.61 bits per heavy atom. The zero-order valence-corrected chi connectivity index (χ0v) is 19.6. The molecule has 9 nitrogen and oxygen atoms in total. The first-order chi connectivity index (χ1) is 17.2. The molecule has 0 spiro atoms. The molecule has 1 saturated carbocycles. The number of halogens is 1. The number of carbonyl (C=O) groups excluding carboxylic acids is 2. The molecule has 11 heteroatoms. The smallest absolute Gasteiger partial charge is 0.286 e. The number of hydrogen-bond acceptors (Lipinski definition) is 6. The lowest BCUT2D eigenvalue weighted by molar-refractivity contribution is -0.133. The van der Waals surface area contributed by atoms with E-state index in [4.69, 9.17) is 5.73 Å². The van der Waals surface area contributed by atoms with Gasteiger partial charge in [-0.25, -0.2) is 4.39 Å². The minimum Gasteiger partial charge on any atom is -0.511 e. The molecule has 0 saturated heterocycles. The van der Waals surface area contributed by atoms with E-state index >= 15 is 0 Å². The van der Waals surface area contributed by atoms with Crippen LogP contribution in [0.15, 0.2) is 75.2 Å². The first-order valence-electron chi connectivity index (χ1n) is 11.4. The lowest BCUT2D eigenvalue weighted by Gasteiger charge is -2.42. The average Bonchev–Trinajstić information content (AvgIpc) is 3.45. The number of hydrogen-bond donors (Lipinski definition) is 3. The van der Waals surface area contributed by atoms with E-state index in [1.807, 2.05) is 12.2 Å². The van der Waals surface area contributed by atoms with Crippen molar-refractivity contribution in [2.45, 2.75) is 23.9 Å². The number of aliphatic hydroxyl groups is 1. The number of nitrogens with two attached hydrogens (primary N) is 1. The van der Waals surface area contributed by atoms with Crippen molar-refractivity contribution >= 4 is 33.4 Å². The molecule has 1 fully saturated rings. The first-order valence-corrected chi connectivity index (χ1v) is 12.8. The number of amides is 2. The minimum absolute atomic E-state index is 0.0280. The molecule has 2 aliphatic carbocycles. The molecular formula is C25H21FN4O5S. The van der Waals surface area contributed by atoms with Crippen LogP contribution in [-0.2, 0) is 21.4 Å². The number of para-hydroxylation sites is 1. The number of nitrogens with one attached hydrogen (secondary N) is 1. The van der Waals surface area contributed by atoms with Crippen LogP contribution < -0.4 is 11.1 Å². The summed E-state index contributed by atoms with van der Waals surface area (Å²) < 4.78 is 43.3. The van der Waals surface area contributed by atoms with Gasteiger partial charge < -0.3 is 21.1 Å². The molecule has 4 N–H and O–H groups in total. The summed E-state index contributed by atoms with van der Waals surface area (Å²) in [7, 11) is -4.31. The molecule has 2 amide bonds. The molecule has 2 heterocycles. The molecule has 36 heavy (non-hydrogen) atoms. The number of fused-ring (bicyclic) bond motifs is 6. The van der Waals surface area contributed by atoms with Gasteiger partial charge in [0.1, 0.15) is 22.0 Å². The summed E-state index contributed by atoms with van der Waals surface area (Å²) in [4.78, 5) is 27.2. The van der Waals surface area contributed by atoms with Gasteiger partial charge in [-0.1, -0.05) is 30.4 Å². The third kappa shape index (κ3) is 3.26. The van der Waals surface area contributed by atoms with Gasteiger partial charge in [0.15, 0.2) is 5.84 Å². The molecule has 0 radical (unpaired) electrons. The van der Waals surface area contributed by atoms with Gasteiger partial charge in [0, 0.05) is 18.5 Å². The predicted octanol–water partition coefficient (Wildman–Crippen LogP) is 2.48. The Kier molecular flexibility index (Phi) is 4.84. The van der Waals surface area contributed by atoms with Crippen molar-refractivity contribution in [1.29, 1.82) is 0 Å². The SMILES string of the molecule is NC(=O)c1cccc2c1NC(C1=C(O)C3C4C=CC(C4)C3N(Cc3ccc(F)cc3)C1=O)=NS2(=O)=O. The van der Waals surface area contributed by atoms with Crippen LogP contribution in [-0.4, -0.2) is 42.1 Å². The monoisotopic (exact) mass is 508 g/mol. The summed E-state index contributed by atoms with van der Waals surface area (Å²) in [6.45, 7) is 0.136. The zero-order valence-electron chi connectivity index (χ0n) is 18.8. The molecule has 2 aliphatic heterocycles. The van der Waals surface area contributed by atoms with E-state index in [1.54, 1.807) is 17.0 Å². The standard InChI is InChI=1S/C25H21FN4O5S/c26-15-8-4-12(5-9-15)11-30-21-14-7-6-13(10-14)18(21)22(31)19(25(30)33)24-28-20-16(23(27)32)2-1-3-17(20)36(34,35)29-24/h1-9,13-14,18,21,31H,10-11H2,(H2,27,32)(H,28,29). The molecule has 4 unspecified atom stereocenters. The van der Waals surface area contributed by atoms with E-state index in [0.717, 1.165) is 6.42 Å². The highest BCUT2D eigenvalue weighted by Crippen LogP contribution is 2.52. The van der Waals surface area contributed by atoms with E-state index in [9.17, 15) is 27.5 Å². The topological polar surface area (TPSA) is 142 Å². The van der Waals surface area contributed by atoms with Gasteiger partial charge in [-0.05, 0) is 48.1 Å². The lowest BCUT2D eigenvalue weighted by atomic mass is 9.80. The lowest BCUT2D eigenvalue weighted by Crippen LogP contribution is -2.53. The molecule has 2 bridgehead atoms. The maximum absolute atomic E-state index is 13.9. The van der Waals surface area contributed by atoms with Gasteiger partial charge in [-0.15, -0.1) is 4.40 Å². The third-order valence-electron chi connectivity index (χ3n) is 7.35. The van der Waals surface area contributed by atoms with Crippen molar-refractivity contribution in [3.63, 3.8) is 0 Å². The van der Waals surface area contributed by atoms with Crippen molar-refractivity contribution in [2.24, 2.45) is 27.9 Å². The number of anilines is 1. The van der Waals surface area contributed by atoms with Crippen LogP contribution in [0, 0.1) is 23.6 Å². The summed E-state index contributed by atoms with van der Waals surface area (Å²) in [5.74, 6) is -2.94. The number of rotatable bonds is 4. The highest BCUT2D eigenvalue weighted by atomic mass is 32.2. The second-order valence-corrected chi connectivity index (χ2v) is 10.9. The van der Waals surface area contributed by atoms with E-state index in [1.165, 1.54) is 30.3 Å². The van der Waals surface area contributed by atoms with Crippen LogP contribution in [0.4, 0.5) is 10.1 Å². The van der Waals surface area contributed by atoms with Crippen molar-refractivity contribution in [1.82, 2.24) is 4.90 Å². The second kappa shape index (κ2) is 7.76. The Morgan fingerprint density at radius 2 is 1.89 bits per heavy atom. The number of nitrogens with zero attached hydrogens (tertiary/aromatic N) is 2. The number of primary amides is 1. The molecule has 184 valence electrons. The fourth-order valence-electron chi connectivity index (χ4n) is 5.83. The average molecular weight is 509 g/mol. The Bertz CT molecular complexity index is 1530. The van der Waals surface area contributed by atoms with Crippen LogP contribution in [0.1, 0.15) is 22.3 Å². The van der Waals surface area contributed by atoms with Crippen molar-refractivity contribution in [2.75, 3.05) is 5.32 Å². The minimum atomic E-state index is -4.31.